The zero-order chi connectivity index (χ0) is 24.1. The smallest absolute Gasteiger partial charge is 0.247 e. The van der Waals surface area contributed by atoms with Crippen molar-refractivity contribution >= 4 is 34.4 Å². The number of azide groups is 1. The summed E-state index contributed by atoms with van der Waals surface area (Å²) in [7, 11) is 0. The number of rotatable bonds is 6. The van der Waals surface area contributed by atoms with Gasteiger partial charge in [-0.1, -0.05) is 5.11 Å². The van der Waals surface area contributed by atoms with Crippen molar-refractivity contribution in [3.8, 4) is 0 Å². The van der Waals surface area contributed by atoms with Crippen molar-refractivity contribution in [2.24, 2.45) is 15.8 Å². The van der Waals surface area contributed by atoms with Gasteiger partial charge in [-0.05, 0) is 68.8 Å². The maximum absolute atomic E-state index is 13.2. The van der Waals surface area contributed by atoms with Crippen LogP contribution in [0, 0.1) is 6.92 Å². The highest BCUT2D eigenvalue weighted by Crippen LogP contribution is 2.23. The molecule has 3 heterocycles. The molecule has 1 aromatic heterocycles. The van der Waals surface area contributed by atoms with Gasteiger partial charge in [0.2, 0.25) is 11.8 Å². The number of aliphatic imine (C=N–C) groups is 1. The monoisotopic (exact) mass is 466 g/mol. The van der Waals surface area contributed by atoms with Gasteiger partial charge in [0.15, 0.2) is 5.96 Å². The third kappa shape index (κ3) is 5.43. The lowest BCUT2D eigenvalue weighted by molar-refractivity contribution is -0.141. The van der Waals surface area contributed by atoms with Gasteiger partial charge in [-0.2, -0.15) is 0 Å². The molecule has 2 amide bonds. The molecule has 1 unspecified atom stereocenters. The van der Waals surface area contributed by atoms with E-state index in [4.69, 9.17) is 15.7 Å². The van der Waals surface area contributed by atoms with Crippen molar-refractivity contribution in [3.63, 3.8) is 0 Å². The predicted octanol–water partition coefficient (Wildman–Crippen LogP) is 3.15. The summed E-state index contributed by atoms with van der Waals surface area (Å²) in [6.45, 7) is 3.28. The molecular formula is C23H30N8O3. The Balaban J connectivity index is 1.41. The molecule has 0 spiro atoms. The molecule has 1 aromatic carbocycles. The minimum Gasteiger partial charge on any atom is -0.461 e. The van der Waals surface area contributed by atoms with Gasteiger partial charge in [0, 0.05) is 41.7 Å². The Kier molecular flexibility index (Phi) is 7.22. The van der Waals surface area contributed by atoms with Crippen LogP contribution in [-0.2, 0) is 9.59 Å². The molecule has 4 rings (SSSR count). The number of hydrogen-bond donors (Lipinski definition) is 2. The number of furan rings is 1. The second-order valence-electron chi connectivity index (χ2n) is 8.82. The number of nitrogens with two attached hydrogens (primary N) is 1. The van der Waals surface area contributed by atoms with Crippen LogP contribution in [0.1, 0.15) is 37.9 Å². The van der Waals surface area contributed by atoms with Gasteiger partial charge < -0.3 is 25.3 Å². The summed E-state index contributed by atoms with van der Waals surface area (Å²) in [6, 6.07) is 6.81. The molecule has 2 fully saturated rings. The van der Waals surface area contributed by atoms with Gasteiger partial charge in [-0.25, -0.2) is 4.99 Å². The van der Waals surface area contributed by atoms with Crippen molar-refractivity contribution in [1.29, 1.82) is 0 Å². The first-order valence-corrected chi connectivity index (χ1v) is 11.6. The summed E-state index contributed by atoms with van der Waals surface area (Å²) in [5.74, 6) is 0.663. The van der Waals surface area contributed by atoms with Crippen molar-refractivity contribution in [2.75, 3.05) is 31.5 Å². The van der Waals surface area contributed by atoms with Gasteiger partial charge in [0.25, 0.3) is 0 Å². The van der Waals surface area contributed by atoms with Crippen LogP contribution < -0.4 is 11.1 Å². The summed E-state index contributed by atoms with van der Waals surface area (Å²) >= 11 is 0. The summed E-state index contributed by atoms with van der Waals surface area (Å²) < 4.78 is 5.59. The van der Waals surface area contributed by atoms with E-state index in [9.17, 15) is 9.59 Å². The predicted molar refractivity (Wildman–Crippen MR) is 129 cm³/mol. The zero-order valence-electron chi connectivity index (χ0n) is 19.3. The lowest BCUT2D eigenvalue weighted by atomic mass is 10.1. The molecular weight excluding hydrogens is 436 g/mol. The van der Waals surface area contributed by atoms with Crippen LogP contribution in [-0.4, -0.2) is 65.8 Å². The van der Waals surface area contributed by atoms with Gasteiger partial charge in [0.05, 0.1) is 6.54 Å². The normalized spacial score (nSPS) is 21.4. The van der Waals surface area contributed by atoms with E-state index in [1.807, 2.05) is 31.2 Å². The molecule has 0 saturated carbocycles. The quantitative estimate of drug-likeness (QED) is 0.220. The van der Waals surface area contributed by atoms with E-state index < -0.39 is 6.04 Å². The number of amides is 2. The molecule has 0 bridgehead atoms. The number of likely N-dealkylation sites (tertiary alicyclic amines) is 2. The largest absolute Gasteiger partial charge is 0.461 e. The molecule has 180 valence electrons. The fourth-order valence-corrected chi connectivity index (χ4v) is 4.70. The Morgan fingerprint density at radius 2 is 2.12 bits per heavy atom. The summed E-state index contributed by atoms with van der Waals surface area (Å²) in [5.41, 5.74) is 16.3. The molecule has 2 aliphatic rings. The number of carbonyl (C=O) groups is 2. The first-order valence-electron chi connectivity index (χ1n) is 11.6. The maximum atomic E-state index is 13.2. The second kappa shape index (κ2) is 10.5. The molecule has 11 nitrogen and oxygen atoms in total. The SMILES string of the molecule is Cc1cc2cc(NC(N)=NC3CCCCN(CC(=O)N4CCC[C@@H]4CN=[N+]=[N-])C3=O)ccc2o1. The number of nitrogens with one attached hydrogen (secondary N) is 1. The van der Waals surface area contributed by atoms with Gasteiger partial charge in [-0.3, -0.25) is 9.59 Å². The molecule has 11 heteroatoms. The fraction of sp³-hybridized carbons (Fsp3) is 0.522. The molecule has 2 atom stereocenters. The first-order chi connectivity index (χ1) is 16.4. The number of benzene rings is 1. The van der Waals surface area contributed by atoms with E-state index in [1.165, 1.54) is 0 Å². The van der Waals surface area contributed by atoms with E-state index in [0.717, 1.165) is 48.1 Å². The van der Waals surface area contributed by atoms with E-state index in [0.29, 0.717) is 19.5 Å². The standard InChI is InChI=1S/C23H30N8O3/c1-15-11-16-12-17(7-8-20(16)34-15)27-23(24)28-19-6-2-3-9-30(22(19)33)14-21(32)31-10-4-5-18(31)13-26-29-25/h7-8,11-12,18-19H,2-6,9-10,13-14H2,1H3,(H3,24,27,28)/t18-,19?/m1/s1. The average molecular weight is 467 g/mol. The number of hydrogen-bond acceptors (Lipinski definition) is 5. The zero-order valence-corrected chi connectivity index (χ0v) is 19.3. The lowest BCUT2D eigenvalue weighted by Gasteiger charge is -2.28. The van der Waals surface area contributed by atoms with Gasteiger partial charge in [0.1, 0.15) is 17.4 Å². The third-order valence-electron chi connectivity index (χ3n) is 6.34. The van der Waals surface area contributed by atoms with Crippen molar-refractivity contribution in [1.82, 2.24) is 9.80 Å². The number of guanidine groups is 1. The molecule has 34 heavy (non-hydrogen) atoms. The van der Waals surface area contributed by atoms with Crippen LogP contribution in [0.25, 0.3) is 21.4 Å². The summed E-state index contributed by atoms with van der Waals surface area (Å²) in [4.78, 5) is 36.7. The number of nitrogens with zero attached hydrogens (tertiary/aromatic N) is 6. The van der Waals surface area contributed by atoms with Gasteiger partial charge >= 0.3 is 0 Å². The van der Waals surface area contributed by atoms with E-state index in [1.54, 1.807) is 9.80 Å². The summed E-state index contributed by atoms with van der Waals surface area (Å²) in [6.07, 6.45) is 3.87. The molecule has 2 aliphatic heterocycles. The third-order valence-corrected chi connectivity index (χ3v) is 6.34. The Morgan fingerprint density at radius 1 is 1.26 bits per heavy atom. The Bertz CT molecular complexity index is 1140. The van der Waals surface area contributed by atoms with Crippen LogP contribution in [0.5, 0.6) is 0 Å². The van der Waals surface area contributed by atoms with Crippen molar-refractivity contribution < 1.29 is 14.0 Å². The molecule has 2 saturated heterocycles. The maximum Gasteiger partial charge on any atom is 0.247 e. The topological polar surface area (TPSA) is 153 Å². The average Bonchev–Trinajstić information content (AvgIpc) is 3.39. The minimum absolute atomic E-state index is 0.00145. The Labute approximate surface area is 197 Å². The highest BCUT2D eigenvalue weighted by molar-refractivity contribution is 5.97. The van der Waals surface area contributed by atoms with Crippen LogP contribution in [0.4, 0.5) is 5.69 Å². The highest BCUT2D eigenvalue weighted by Gasteiger charge is 2.33. The van der Waals surface area contributed by atoms with E-state index in [-0.39, 0.29) is 36.9 Å². The second-order valence-corrected chi connectivity index (χ2v) is 8.82. The molecule has 0 radical (unpaired) electrons. The highest BCUT2D eigenvalue weighted by atomic mass is 16.3. The van der Waals surface area contributed by atoms with E-state index in [2.05, 4.69) is 20.3 Å². The number of aryl methyl sites for hydroxylation is 1. The van der Waals surface area contributed by atoms with Crippen molar-refractivity contribution in [2.45, 2.75) is 51.1 Å². The first kappa shape index (κ1) is 23.4. The number of carbonyl (C=O) groups excluding carboxylic acids is 2. The fourth-order valence-electron chi connectivity index (χ4n) is 4.70. The van der Waals surface area contributed by atoms with Gasteiger partial charge in [-0.15, -0.1) is 0 Å². The number of fused-ring (bicyclic) bond motifs is 1. The van der Waals surface area contributed by atoms with E-state index >= 15 is 0 Å². The lowest BCUT2D eigenvalue weighted by Crippen LogP contribution is -2.47. The Morgan fingerprint density at radius 3 is 2.94 bits per heavy atom. The van der Waals surface area contributed by atoms with Crippen LogP contribution in [0.15, 0.2) is 38.8 Å². The summed E-state index contributed by atoms with van der Waals surface area (Å²) in [5, 5.41) is 7.63. The van der Waals surface area contributed by atoms with Crippen LogP contribution >= 0.6 is 0 Å². The Hall–Kier alpha value is -3.72. The molecule has 3 N–H and O–H groups in total. The molecule has 2 aromatic rings. The van der Waals surface area contributed by atoms with Crippen LogP contribution in [0.3, 0.4) is 0 Å². The van der Waals surface area contributed by atoms with Crippen LogP contribution in [0.2, 0.25) is 0 Å². The molecule has 0 aliphatic carbocycles. The minimum atomic E-state index is -0.639. The number of anilines is 1. The van der Waals surface area contributed by atoms with Crippen molar-refractivity contribution in [3.05, 3.63) is 40.5 Å².